The highest BCUT2D eigenvalue weighted by atomic mass is 16.2. The maximum atomic E-state index is 12.4. The fourth-order valence-corrected chi connectivity index (χ4v) is 2.61. The molecule has 0 spiro atoms. The summed E-state index contributed by atoms with van der Waals surface area (Å²) in [6, 6.07) is 7.47. The van der Waals surface area contributed by atoms with Crippen LogP contribution in [0.3, 0.4) is 0 Å². The molecule has 0 bridgehead atoms. The summed E-state index contributed by atoms with van der Waals surface area (Å²) in [7, 11) is 1.85. The summed E-state index contributed by atoms with van der Waals surface area (Å²) < 4.78 is 0. The Bertz CT molecular complexity index is 405. The molecule has 1 aliphatic carbocycles. The van der Waals surface area contributed by atoms with Crippen LogP contribution in [-0.4, -0.2) is 13.0 Å². The molecule has 1 aromatic rings. The summed E-state index contributed by atoms with van der Waals surface area (Å²) in [6.45, 7) is 2.27. The lowest BCUT2D eigenvalue weighted by atomic mass is 9.82. The van der Waals surface area contributed by atoms with Gasteiger partial charge in [0, 0.05) is 24.3 Å². The summed E-state index contributed by atoms with van der Waals surface area (Å²) >= 11 is 0. The summed E-state index contributed by atoms with van der Waals surface area (Å²) in [4.78, 5) is 14.1. The van der Waals surface area contributed by atoms with Crippen molar-refractivity contribution in [2.24, 2.45) is 11.8 Å². The van der Waals surface area contributed by atoms with E-state index in [2.05, 4.69) is 6.92 Å². The first-order valence-electron chi connectivity index (χ1n) is 6.71. The Morgan fingerprint density at radius 3 is 2.28 bits per heavy atom. The van der Waals surface area contributed by atoms with Crippen LogP contribution in [0.1, 0.15) is 32.6 Å². The van der Waals surface area contributed by atoms with Gasteiger partial charge in [-0.3, -0.25) is 4.79 Å². The van der Waals surface area contributed by atoms with Crippen LogP contribution in [0.2, 0.25) is 0 Å². The monoisotopic (exact) mass is 246 g/mol. The molecule has 1 fully saturated rings. The average molecular weight is 246 g/mol. The zero-order valence-corrected chi connectivity index (χ0v) is 11.2. The molecule has 0 aromatic heterocycles. The first kappa shape index (κ1) is 12.9. The Balaban J connectivity index is 2.02. The normalized spacial score (nSPS) is 23.7. The summed E-state index contributed by atoms with van der Waals surface area (Å²) in [5.41, 5.74) is 7.31. The van der Waals surface area contributed by atoms with E-state index in [9.17, 15) is 4.79 Å². The second-order valence-electron chi connectivity index (χ2n) is 5.45. The van der Waals surface area contributed by atoms with E-state index in [1.807, 2.05) is 31.3 Å². The molecule has 3 nitrogen and oxygen atoms in total. The zero-order chi connectivity index (χ0) is 13.1. The van der Waals surface area contributed by atoms with Crippen molar-refractivity contribution in [3.63, 3.8) is 0 Å². The second kappa shape index (κ2) is 5.42. The van der Waals surface area contributed by atoms with E-state index in [4.69, 9.17) is 5.73 Å². The number of carbonyl (C=O) groups excluding carboxylic acids is 1. The number of nitrogen functional groups attached to an aromatic ring is 1. The number of hydrogen-bond donors (Lipinski definition) is 1. The van der Waals surface area contributed by atoms with Crippen molar-refractivity contribution in [1.82, 2.24) is 0 Å². The molecule has 98 valence electrons. The third-order valence-electron chi connectivity index (χ3n) is 3.98. The van der Waals surface area contributed by atoms with E-state index >= 15 is 0 Å². The molecule has 1 aliphatic rings. The summed E-state index contributed by atoms with van der Waals surface area (Å²) in [5, 5.41) is 0. The maximum Gasteiger partial charge on any atom is 0.229 e. The van der Waals surface area contributed by atoms with Crippen LogP contribution in [0.15, 0.2) is 24.3 Å². The van der Waals surface area contributed by atoms with E-state index in [0.717, 1.165) is 30.1 Å². The topological polar surface area (TPSA) is 46.3 Å². The van der Waals surface area contributed by atoms with Gasteiger partial charge in [-0.05, 0) is 55.9 Å². The third kappa shape index (κ3) is 2.84. The van der Waals surface area contributed by atoms with Gasteiger partial charge in [0.1, 0.15) is 0 Å². The molecule has 3 heteroatoms. The van der Waals surface area contributed by atoms with Crippen LogP contribution in [0.5, 0.6) is 0 Å². The molecule has 0 heterocycles. The fourth-order valence-electron chi connectivity index (χ4n) is 2.61. The van der Waals surface area contributed by atoms with Crippen LogP contribution in [0.25, 0.3) is 0 Å². The Hall–Kier alpha value is -1.51. The summed E-state index contributed by atoms with van der Waals surface area (Å²) in [6.07, 6.45) is 4.40. The van der Waals surface area contributed by atoms with Crippen LogP contribution in [-0.2, 0) is 4.79 Å². The second-order valence-corrected chi connectivity index (χ2v) is 5.45. The lowest BCUT2D eigenvalue weighted by Crippen LogP contribution is -2.34. The molecule has 0 unspecified atom stereocenters. The van der Waals surface area contributed by atoms with Gasteiger partial charge in [0.2, 0.25) is 5.91 Å². The van der Waals surface area contributed by atoms with Crippen LogP contribution in [0, 0.1) is 11.8 Å². The van der Waals surface area contributed by atoms with Gasteiger partial charge in [0.05, 0.1) is 0 Å². The highest BCUT2D eigenvalue weighted by Gasteiger charge is 2.27. The van der Waals surface area contributed by atoms with Gasteiger partial charge in [-0.2, -0.15) is 0 Å². The number of benzene rings is 1. The van der Waals surface area contributed by atoms with E-state index in [1.54, 1.807) is 4.90 Å². The highest BCUT2D eigenvalue weighted by Crippen LogP contribution is 2.30. The van der Waals surface area contributed by atoms with Crippen molar-refractivity contribution in [3.05, 3.63) is 24.3 Å². The molecular weight excluding hydrogens is 224 g/mol. The average Bonchev–Trinajstić information content (AvgIpc) is 2.39. The lowest BCUT2D eigenvalue weighted by Gasteiger charge is -2.29. The van der Waals surface area contributed by atoms with Crippen molar-refractivity contribution < 1.29 is 4.79 Å². The van der Waals surface area contributed by atoms with Gasteiger partial charge in [-0.25, -0.2) is 0 Å². The largest absolute Gasteiger partial charge is 0.399 e. The van der Waals surface area contributed by atoms with Crippen LogP contribution >= 0.6 is 0 Å². The molecule has 0 saturated heterocycles. The van der Waals surface area contributed by atoms with E-state index < -0.39 is 0 Å². The van der Waals surface area contributed by atoms with Crippen molar-refractivity contribution in [3.8, 4) is 0 Å². The predicted octanol–water partition coefficient (Wildman–Crippen LogP) is 3.06. The quantitative estimate of drug-likeness (QED) is 0.815. The van der Waals surface area contributed by atoms with Crippen molar-refractivity contribution in [2.75, 3.05) is 17.7 Å². The standard InChI is InChI=1S/C15H22N2O/c1-11-3-5-12(6-4-11)15(18)17(2)14-9-7-13(16)8-10-14/h7-12H,3-6,16H2,1-2H3. The first-order chi connectivity index (χ1) is 8.58. The highest BCUT2D eigenvalue weighted by molar-refractivity contribution is 5.94. The number of hydrogen-bond acceptors (Lipinski definition) is 2. The van der Waals surface area contributed by atoms with Crippen molar-refractivity contribution in [2.45, 2.75) is 32.6 Å². The number of carbonyl (C=O) groups is 1. The van der Waals surface area contributed by atoms with Gasteiger partial charge in [0.25, 0.3) is 0 Å². The molecule has 2 N–H and O–H groups in total. The lowest BCUT2D eigenvalue weighted by molar-refractivity contribution is -0.123. The molecule has 1 amide bonds. The predicted molar refractivity (Wildman–Crippen MR) is 75.4 cm³/mol. The minimum absolute atomic E-state index is 0.198. The molecule has 0 radical (unpaired) electrons. The molecule has 2 rings (SSSR count). The maximum absolute atomic E-state index is 12.4. The molecule has 1 saturated carbocycles. The van der Waals surface area contributed by atoms with Gasteiger partial charge < -0.3 is 10.6 Å². The third-order valence-corrected chi connectivity index (χ3v) is 3.98. The first-order valence-corrected chi connectivity index (χ1v) is 6.71. The van der Waals surface area contributed by atoms with E-state index in [1.165, 1.54) is 12.8 Å². The smallest absolute Gasteiger partial charge is 0.229 e. The number of anilines is 2. The molecule has 0 atom stereocenters. The summed E-state index contributed by atoms with van der Waals surface area (Å²) in [5.74, 6) is 1.21. The van der Waals surface area contributed by atoms with Crippen molar-refractivity contribution in [1.29, 1.82) is 0 Å². The fraction of sp³-hybridized carbons (Fsp3) is 0.533. The minimum Gasteiger partial charge on any atom is -0.399 e. The molecule has 1 aromatic carbocycles. The van der Waals surface area contributed by atoms with Crippen molar-refractivity contribution >= 4 is 17.3 Å². The van der Waals surface area contributed by atoms with Gasteiger partial charge in [-0.15, -0.1) is 0 Å². The Labute approximate surface area is 109 Å². The molecule has 0 aliphatic heterocycles. The Kier molecular flexibility index (Phi) is 3.90. The van der Waals surface area contributed by atoms with Gasteiger partial charge >= 0.3 is 0 Å². The molecule has 18 heavy (non-hydrogen) atoms. The molecular formula is C15H22N2O. The van der Waals surface area contributed by atoms with Gasteiger partial charge in [-0.1, -0.05) is 6.92 Å². The van der Waals surface area contributed by atoms with E-state index in [-0.39, 0.29) is 11.8 Å². The number of nitrogens with two attached hydrogens (primary N) is 1. The SMILES string of the molecule is CC1CCC(C(=O)N(C)c2ccc(N)cc2)CC1. The Morgan fingerprint density at radius 2 is 1.72 bits per heavy atom. The van der Waals surface area contributed by atoms with Gasteiger partial charge in [0.15, 0.2) is 0 Å². The zero-order valence-electron chi connectivity index (χ0n) is 11.2. The van der Waals surface area contributed by atoms with E-state index in [0.29, 0.717) is 0 Å². The minimum atomic E-state index is 0.198. The number of rotatable bonds is 2. The number of nitrogens with zero attached hydrogens (tertiary/aromatic N) is 1. The Morgan fingerprint density at radius 1 is 1.17 bits per heavy atom. The van der Waals surface area contributed by atoms with Crippen LogP contribution < -0.4 is 10.6 Å². The number of amides is 1. The van der Waals surface area contributed by atoms with Crippen LogP contribution in [0.4, 0.5) is 11.4 Å².